The Morgan fingerprint density at radius 3 is 2.18 bits per heavy atom. The highest BCUT2D eigenvalue weighted by Gasteiger charge is 2.11. The summed E-state index contributed by atoms with van der Waals surface area (Å²) < 4.78 is 0. The van der Waals surface area contributed by atoms with Crippen molar-refractivity contribution in [3.8, 4) is 11.1 Å². The summed E-state index contributed by atoms with van der Waals surface area (Å²) >= 11 is 0. The van der Waals surface area contributed by atoms with Gasteiger partial charge in [-0.2, -0.15) is 0 Å². The predicted molar refractivity (Wildman–Crippen MR) is 120 cm³/mol. The Balaban J connectivity index is 1.76. The quantitative estimate of drug-likeness (QED) is 0.281. The Labute approximate surface area is 162 Å². The van der Waals surface area contributed by atoms with Gasteiger partial charge in [-0.05, 0) is 67.0 Å². The number of benzene rings is 5. The van der Waals surface area contributed by atoms with Gasteiger partial charge in [0.25, 0.3) is 0 Å². The second-order valence-electron chi connectivity index (χ2n) is 7.29. The SMILES string of the molecule is c1ccc2c(c1)ccc1cc(-c3ccc4cnccc4c3)c3ccccc3c12. The number of aromatic nitrogens is 1. The van der Waals surface area contributed by atoms with E-state index in [9.17, 15) is 0 Å². The Morgan fingerprint density at radius 2 is 1.25 bits per heavy atom. The van der Waals surface area contributed by atoms with Crippen LogP contribution in [0.15, 0.2) is 103 Å². The van der Waals surface area contributed by atoms with Crippen LogP contribution in [0.4, 0.5) is 0 Å². The molecule has 1 nitrogen and oxygen atoms in total. The van der Waals surface area contributed by atoms with Crippen LogP contribution < -0.4 is 0 Å². The van der Waals surface area contributed by atoms with E-state index in [0.717, 1.165) is 0 Å². The van der Waals surface area contributed by atoms with Crippen molar-refractivity contribution in [2.45, 2.75) is 0 Å². The Hall–Kier alpha value is -3.71. The molecule has 0 aliphatic heterocycles. The van der Waals surface area contributed by atoms with Crippen molar-refractivity contribution in [2.75, 3.05) is 0 Å². The number of hydrogen-bond donors (Lipinski definition) is 0. The molecule has 0 unspecified atom stereocenters. The lowest BCUT2D eigenvalue weighted by Gasteiger charge is -2.13. The maximum atomic E-state index is 4.24. The van der Waals surface area contributed by atoms with Gasteiger partial charge >= 0.3 is 0 Å². The zero-order valence-electron chi connectivity index (χ0n) is 15.3. The minimum Gasteiger partial charge on any atom is -0.264 e. The summed E-state index contributed by atoms with van der Waals surface area (Å²) in [6, 6.07) is 32.9. The summed E-state index contributed by atoms with van der Waals surface area (Å²) in [5, 5.41) is 10.2. The van der Waals surface area contributed by atoms with E-state index in [0.29, 0.717) is 0 Å². The molecule has 0 atom stereocenters. The van der Waals surface area contributed by atoms with Gasteiger partial charge in [0.1, 0.15) is 0 Å². The van der Waals surface area contributed by atoms with Gasteiger partial charge in [-0.25, -0.2) is 0 Å². The Kier molecular flexibility index (Phi) is 3.24. The summed E-state index contributed by atoms with van der Waals surface area (Å²) in [5.74, 6) is 0. The van der Waals surface area contributed by atoms with E-state index in [-0.39, 0.29) is 0 Å². The molecule has 5 aromatic carbocycles. The molecule has 1 heteroatoms. The minimum atomic E-state index is 1.17. The lowest BCUT2D eigenvalue weighted by atomic mass is 9.90. The van der Waals surface area contributed by atoms with Gasteiger partial charge in [-0.3, -0.25) is 4.98 Å². The van der Waals surface area contributed by atoms with Crippen LogP contribution in [0.25, 0.3) is 54.2 Å². The minimum absolute atomic E-state index is 1.17. The lowest BCUT2D eigenvalue weighted by molar-refractivity contribution is 1.36. The number of fused-ring (bicyclic) bond motifs is 6. The van der Waals surface area contributed by atoms with Crippen LogP contribution in [0.5, 0.6) is 0 Å². The van der Waals surface area contributed by atoms with Gasteiger partial charge in [0.15, 0.2) is 0 Å². The molecule has 1 aromatic heterocycles. The van der Waals surface area contributed by atoms with Gasteiger partial charge in [-0.1, -0.05) is 72.8 Å². The molecule has 0 amide bonds. The van der Waals surface area contributed by atoms with Crippen molar-refractivity contribution in [2.24, 2.45) is 0 Å². The van der Waals surface area contributed by atoms with E-state index in [1.54, 1.807) is 0 Å². The first-order valence-electron chi connectivity index (χ1n) is 9.56. The molecule has 0 aliphatic carbocycles. The molecular weight excluding hydrogens is 338 g/mol. The van der Waals surface area contributed by atoms with Gasteiger partial charge in [0.05, 0.1) is 0 Å². The van der Waals surface area contributed by atoms with E-state index in [4.69, 9.17) is 0 Å². The van der Waals surface area contributed by atoms with Crippen LogP contribution in [0.1, 0.15) is 0 Å². The molecule has 6 rings (SSSR count). The third kappa shape index (κ3) is 2.23. The monoisotopic (exact) mass is 355 g/mol. The van der Waals surface area contributed by atoms with Crippen LogP contribution in [-0.2, 0) is 0 Å². The van der Waals surface area contributed by atoms with E-state index in [1.807, 2.05) is 12.4 Å². The maximum Gasteiger partial charge on any atom is 0.0346 e. The molecule has 28 heavy (non-hydrogen) atoms. The van der Waals surface area contributed by atoms with Crippen LogP contribution >= 0.6 is 0 Å². The second-order valence-corrected chi connectivity index (χ2v) is 7.29. The molecule has 130 valence electrons. The fourth-order valence-electron chi connectivity index (χ4n) is 4.37. The number of pyridine rings is 1. The summed E-state index contributed by atoms with van der Waals surface area (Å²) in [4.78, 5) is 4.24. The van der Waals surface area contributed by atoms with Crippen molar-refractivity contribution in [3.63, 3.8) is 0 Å². The van der Waals surface area contributed by atoms with Crippen LogP contribution in [0.3, 0.4) is 0 Å². The molecule has 6 aromatic rings. The van der Waals surface area contributed by atoms with Gasteiger partial charge in [0.2, 0.25) is 0 Å². The van der Waals surface area contributed by atoms with Gasteiger partial charge in [0, 0.05) is 17.8 Å². The van der Waals surface area contributed by atoms with Crippen molar-refractivity contribution >= 4 is 43.1 Å². The summed E-state index contributed by atoms with van der Waals surface area (Å²) in [5.41, 5.74) is 2.52. The Morgan fingerprint density at radius 1 is 0.500 bits per heavy atom. The van der Waals surface area contributed by atoms with Crippen LogP contribution in [0, 0.1) is 0 Å². The normalized spacial score (nSPS) is 11.6. The first kappa shape index (κ1) is 15.4. The number of nitrogens with zero attached hydrogens (tertiary/aromatic N) is 1. The van der Waals surface area contributed by atoms with Crippen LogP contribution in [0.2, 0.25) is 0 Å². The van der Waals surface area contributed by atoms with Crippen molar-refractivity contribution in [1.82, 2.24) is 4.98 Å². The third-order valence-electron chi connectivity index (χ3n) is 5.70. The highest BCUT2D eigenvalue weighted by Crippen LogP contribution is 2.38. The third-order valence-corrected chi connectivity index (χ3v) is 5.70. The van der Waals surface area contributed by atoms with Crippen LogP contribution in [-0.4, -0.2) is 4.98 Å². The van der Waals surface area contributed by atoms with E-state index < -0.39 is 0 Å². The molecule has 0 N–H and O–H groups in total. The molecule has 0 saturated heterocycles. The number of hydrogen-bond acceptors (Lipinski definition) is 1. The maximum absolute atomic E-state index is 4.24. The summed E-state index contributed by atoms with van der Waals surface area (Å²) in [6.07, 6.45) is 3.78. The fourth-order valence-corrected chi connectivity index (χ4v) is 4.37. The highest BCUT2D eigenvalue weighted by atomic mass is 14.6. The smallest absolute Gasteiger partial charge is 0.0346 e. The average molecular weight is 355 g/mol. The van der Waals surface area contributed by atoms with E-state index in [1.165, 1.54) is 54.2 Å². The molecule has 0 aliphatic rings. The molecular formula is C27H17N. The fraction of sp³-hybridized carbons (Fsp3) is 0. The van der Waals surface area contributed by atoms with Gasteiger partial charge < -0.3 is 0 Å². The summed E-state index contributed by atoms with van der Waals surface area (Å²) in [6.45, 7) is 0. The average Bonchev–Trinajstić information content (AvgIpc) is 2.78. The number of rotatable bonds is 1. The zero-order chi connectivity index (χ0) is 18.5. The molecule has 0 saturated carbocycles. The van der Waals surface area contributed by atoms with Crippen molar-refractivity contribution < 1.29 is 0 Å². The molecule has 0 bridgehead atoms. The predicted octanol–water partition coefficient (Wildman–Crippen LogP) is 7.36. The molecule has 1 heterocycles. The zero-order valence-corrected chi connectivity index (χ0v) is 15.3. The van der Waals surface area contributed by atoms with E-state index in [2.05, 4.69) is 96.0 Å². The second kappa shape index (κ2) is 5.90. The van der Waals surface area contributed by atoms with Gasteiger partial charge in [-0.15, -0.1) is 0 Å². The molecule has 0 spiro atoms. The standard InChI is InChI=1S/C27H17N/c1-2-6-23-18(5-1)9-11-21-16-26(24-7-3-4-8-25(24)27(21)23)20-10-12-22-17-28-14-13-19(22)15-20/h1-17H. The first-order chi connectivity index (χ1) is 13.9. The molecule has 0 fully saturated rings. The summed E-state index contributed by atoms with van der Waals surface area (Å²) in [7, 11) is 0. The van der Waals surface area contributed by atoms with Crippen molar-refractivity contribution in [1.29, 1.82) is 0 Å². The Bertz CT molecular complexity index is 1510. The topological polar surface area (TPSA) is 12.9 Å². The lowest BCUT2D eigenvalue weighted by Crippen LogP contribution is -1.86. The molecule has 0 radical (unpaired) electrons. The highest BCUT2D eigenvalue weighted by molar-refractivity contribution is 6.23. The largest absolute Gasteiger partial charge is 0.264 e. The first-order valence-corrected chi connectivity index (χ1v) is 9.56. The van der Waals surface area contributed by atoms with E-state index >= 15 is 0 Å². The van der Waals surface area contributed by atoms with Crippen molar-refractivity contribution in [3.05, 3.63) is 103 Å².